The highest BCUT2D eigenvalue weighted by Gasteiger charge is 2.12. The fraction of sp³-hybridized carbons (Fsp3) is 0.250. The number of benzene rings is 2. The first-order valence-electron chi connectivity index (χ1n) is 6.38. The summed E-state index contributed by atoms with van der Waals surface area (Å²) in [4.78, 5) is 0. The predicted molar refractivity (Wildman–Crippen MR) is 87.7 cm³/mol. The van der Waals surface area contributed by atoms with Crippen LogP contribution in [0, 0.1) is 0 Å². The molecular weight excluding hydrogens is 338 g/mol. The van der Waals surface area contributed by atoms with E-state index in [1.807, 2.05) is 31.3 Å². The monoisotopic (exact) mass is 353 g/mol. The lowest BCUT2D eigenvalue weighted by Crippen LogP contribution is -2.18. The second-order valence-corrected chi connectivity index (χ2v) is 5.95. The van der Waals surface area contributed by atoms with Gasteiger partial charge in [-0.3, -0.25) is 0 Å². The van der Waals surface area contributed by atoms with E-state index in [9.17, 15) is 0 Å². The standard InChI is InChI=1S/C16H17BrClNO/c1-19-16(12-8-13(17)10-14(18)9-12)7-11-4-3-5-15(6-11)20-2/h3-6,8-10,16,19H,7H2,1-2H3. The molecule has 0 saturated carbocycles. The van der Waals surface area contributed by atoms with E-state index in [2.05, 4.69) is 39.4 Å². The Balaban J connectivity index is 2.23. The summed E-state index contributed by atoms with van der Waals surface area (Å²) < 4.78 is 6.26. The Labute approximate surface area is 133 Å². The minimum Gasteiger partial charge on any atom is -0.497 e. The molecule has 2 rings (SSSR count). The third-order valence-corrected chi connectivity index (χ3v) is 3.89. The molecule has 0 fully saturated rings. The lowest BCUT2D eigenvalue weighted by molar-refractivity contribution is 0.414. The smallest absolute Gasteiger partial charge is 0.119 e. The number of hydrogen-bond donors (Lipinski definition) is 1. The average molecular weight is 355 g/mol. The van der Waals surface area contributed by atoms with Crippen molar-refractivity contribution in [3.05, 3.63) is 63.1 Å². The quantitative estimate of drug-likeness (QED) is 0.846. The number of nitrogens with one attached hydrogen (secondary N) is 1. The van der Waals surface area contributed by atoms with E-state index in [1.165, 1.54) is 5.56 Å². The Hall–Kier alpha value is -1.03. The second kappa shape index (κ2) is 7.11. The molecule has 1 atom stereocenters. The maximum atomic E-state index is 6.12. The van der Waals surface area contributed by atoms with Crippen LogP contribution >= 0.6 is 27.5 Å². The van der Waals surface area contributed by atoms with E-state index in [1.54, 1.807) is 7.11 Å². The summed E-state index contributed by atoms with van der Waals surface area (Å²) in [5.41, 5.74) is 2.38. The molecule has 0 spiro atoms. The zero-order valence-corrected chi connectivity index (χ0v) is 13.8. The first kappa shape index (κ1) is 15.4. The first-order valence-corrected chi connectivity index (χ1v) is 7.55. The third kappa shape index (κ3) is 3.98. The molecule has 0 heterocycles. The molecule has 106 valence electrons. The van der Waals surface area contributed by atoms with Crippen molar-refractivity contribution >= 4 is 27.5 Å². The Kier molecular flexibility index (Phi) is 5.46. The fourth-order valence-corrected chi connectivity index (χ4v) is 3.08. The van der Waals surface area contributed by atoms with Gasteiger partial charge in [-0.05, 0) is 54.9 Å². The lowest BCUT2D eigenvalue weighted by atomic mass is 9.99. The van der Waals surface area contributed by atoms with Crippen molar-refractivity contribution in [1.29, 1.82) is 0 Å². The van der Waals surface area contributed by atoms with E-state index in [4.69, 9.17) is 16.3 Å². The Bertz CT molecular complexity index is 568. The van der Waals surface area contributed by atoms with Gasteiger partial charge in [-0.15, -0.1) is 0 Å². The Morgan fingerprint density at radius 3 is 2.70 bits per heavy atom. The van der Waals surface area contributed by atoms with Crippen molar-refractivity contribution in [2.45, 2.75) is 12.5 Å². The zero-order valence-electron chi connectivity index (χ0n) is 11.5. The number of ether oxygens (including phenoxy) is 1. The van der Waals surface area contributed by atoms with Gasteiger partial charge in [0.1, 0.15) is 5.75 Å². The molecule has 2 nitrogen and oxygen atoms in total. The van der Waals surface area contributed by atoms with Crippen molar-refractivity contribution in [3.63, 3.8) is 0 Å². The van der Waals surface area contributed by atoms with E-state index in [-0.39, 0.29) is 6.04 Å². The summed E-state index contributed by atoms with van der Waals surface area (Å²) in [7, 11) is 3.64. The largest absolute Gasteiger partial charge is 0.497 e. The maximum Gasteiger partial charge on any atom is 0.119 e. The van der Waals surface area contributed by atoms with Gasteiger partial charge < -0.3 is 10.1 Å². The van der Waals surface area contributed by atoms with Crippen LogP contribution in [0.4, 0.5) is 0 Å². The van der Waals surface area contributed by atoms with Gasteiger partial charge in [0.25, 0.3) is 0 Å². The molecule has 2 aromatic carbocycles. The van der Waals surface area contributed by atoms with Crippen LogP contribution in [-0.2, 0) is 6.42 Å². The van der Waals surface area contributed by atoms with Crippen molar-refractivity contribution in [3.8, 4) is 5.75 Å². The summed E-state index contributed by atoms with van der Waals surface area (Å²) in [5.74, 6) is 0.879. The maximum absolute atomic E-state index is 6.12. The van der Waals surface area contributed by atoms with Crippen LogP contribution in [0.3, 0.4) is 0 Å². The predicted octanol–water partition coefficient (Wildman–Crippen LogP) is 4.61. The molecule has 0 aliphatic rings. The normalized spacial score (nSPS) is 12.2. The van der Waals surface area contributed by atoms with Gasteiger partial charge in [0.05, 0.1) is 7.11 Å². The molecular formula is C16H17BrClNO. The molecule has 1 N–H and O–H groups in total. The van der Waals surface area contributed by atoms with Crippen LogP contribution in [0.25, 0.3) is 0 Å². The van der Waals surface area contributed by atoms with Crippen LogP contribution in [0.2, 0.25) is 5.02 Å². The molecule has 0 aliphatic heterocycles. The summed E-state index contributed by atoms with van der Waals surface area (Å²) >= 11 is 9.61. The van der Waals surface area contributed by atoms with E-state index in [0.29, 0.717) is 0 Å². The summed E-state index contributed by atoms with van der Waals surface area (Å²) in [6.45, 7) is 0. The highest BCUT2D eigenvalue weighted by Crippen LogP contribution is 2.26. The highest BCUT2D eigenvalue weighted by molar-refractivity contribution is 9.10. The van der Waals surface area contributed by atoms with E-state index in [0.717, 1.165) is 27.2 Å². The fourth-order valence-electron chi connectivity index (χ4n) is 2.20. The van der Waals surface area contributed by atoms with Crippen LogP contribution in [0.5, 0.6) is 5.75 Å². The van der Waals surface area contributed by atoms with Gasteiger partial charge in [0, 0.05) is 15.5 Å². The number of methoxy groups -OCH3 is 1. The topological polar surface area (TPSA) is 21.3 Å². The first-order chi connectivity index (χ1) is 9.62. The second-order valence-electron chi connectivity index (χ2n) is 4.60. The highest BCUT2D eigenvalue weighted by atomic mass is 79.9. The molecule has 2 aromatic rings. The molecule has 1 unspecified atom stereocenters. The van der Waals surface area contributed by atoms with Crippen molar-refractivity contribution in [2.24, 2.45) is 0 Å². The number of likely N-dealkylation sites (N-methyl/N-ethyl adjacent to an activating group) is 1. The number of hydrogen-bond acceptors (Lipinski definition) is 2. The van der Waals surface area contributed by atoms with Crippen LogP contribution in [-0.4, -0.2) is 14.2 Å². The Morgan fingerprint density at radius 2 is 2.05 bits per heavy atom. The van der Waals surface area contributed by atoms with Crippen molar-refractivity contribution < 1.29 is 4.74 Å². The molecule has 0 bridgehead atoms. The average Bonchev–Trinajstić information content (AvgIpc) is 2.44. The molecule has 0 aromatic heterocycles. The molecule has 20 heavy (non-hydrogen) atoms. The van der Waals surface area contributed by atoms with Gasteiger partial charge in [0.15, 0.2) is 0 Å². The van der Waals surface area contributed by atoms with E-state index >= 15 is 0 Å². The van der Waals surface area contributed by atoms with Crippen molar-refractivity contribution in [1.82, 2.24) is 5.32 Å². The van der Waals surface area contributed by atoms with Gasteiger partial charge in [-0.1, -0.05) is 39.7 Å². The minimum atomic E-state index is 0.206. The van der Waals surface area contributed by atoms with Gasteiger partial charge in [-0.2, -0.15) is 0 Å². The molecule has 0 amide bonds. The minimum absolute atomic E-state index is 0.206. The van der Waals surface area contributed by atoms with Crippen molar-refractivity contribution in [2.75, 3.05) is 14.2 Å². The van der Waals surface area contributed by atoms with Gasteiger partial charge in [0.2, 0.25) is 0 Å². The van der Waals surface area contributed by atoms with Gasteiger partial charge >= 0.3 is 0 Å². The number of halogens is 2. The zero-order chi connectivity index (χ0) is 14.5. The molecule has 0 radical (unpaired) electrons. The van der Waals surface area contributed by atoms with E-state index < -0.39 is 0 Å². The molecule has 0 saturated heterocycles. The lowest BCUT2D eigenvalue weighted by Gasteiger charge is -2.18. The third-order valence-electron chi connectivity index (χ3n) is 3.21. The molecule has 0 aliphatic carbocycles. The number of rotatable bonds is 5. The van der Waals surface area contributed by atoms with Gasteiger partial charge in [-0.25, -0.2) is 0 Å². The van der Waals surface area contributed by atoms with Crippen LogP contribution < -0.4 is 10.1 Å². The summed E-state index contributed by atoms with van der Waals surface area (Å²) in [6, 6.07) is 14.3. The van der Waals surface area contributed by atoms with Crippen LogP contribution in [0.1, 0.15) is 17.2 Å². The summed E-state index contributed by atoms with van der Waals surface area (Å²) in [6.07, 6.45) is 0.875. The van der Waals surface area contributed by atoms with Crippen LogP contribution in [0.15, 0.2) is 46.9 Å². The molecule has 4 heteroatoms. The SMILES string of the molecule is CNC(Cc1cccc(OC)c1)c1cc(Cl)cc(Br)c1. The Morgan fingerprint density at radius 1 is 1.25 bits per heavy atom. The summed E-state index contributed by atoms with van der Waals surface area (Å²) in [5, 5.41) is 4.07.